The lowest BCUT2D eigenvalue weighted by molar-refractivity contribution is 1.16. The predicted octanol–water partition coefficient (Wildman–Crippen LogP) is 17.3. The number of nitrogens with zero attached hydrogens (tertiary/aromatic N) is 9. The maximum atomic E-state index is 10.9. The molecule has 0 N–H and O–H groups in total. The lowest BCUT2D eigenvalue weighted by atomic mass is 9.92. The Kier molecular flexibility index (Phi) is 10.2. The molecule has 9 nitrogen and oxygen atoms in total. The van der Waals surface area contributed by atoms with Crippen molar-refractivity contribution in [3.05, 3.63) is 258 Å². The van der Waals surface area contributed by atoms with E-state index in [-0.39, 0.29) is 17.0 Å². The molecule has 77 heavy (non-hydrogen) atoms. The van der Waals surface area contributed by atoms with E-state index in [0.717, 1.165) is 66.5 Å². The van der Waals surface area contributed by atoms with Gasteiger partial charge in [0.2, 0.25) is 0 Å². The number of fused-ring (bicyclic) bond motifs is 9. The van der Waals surface area contributed by atoms with Crippen LogP contribution in [0.4, 0.5) is 11.4 Å². The Balaban J connectivity index is 0.924. The van der Waals surface area contributed by atoms with Crippen LogP contribution < -0.4 is 0 Å². The number of hydrogen-bond acceptors (Lipinski definition) is 4. The third kappa shape index (κ3) is 6.98. The summed E-state index contributed by atoms with van der Waals surface area (Å²) in [6, 6.07) is 80.3. The van der Waals surface area contributed by atoms with E-state index in [0.29, 0.717) is 45.0 Å². The Morgan fingerprint density at radius 2 is 0.740 bits per heavy atom. The zero-order chi connectivity index (χ0) is 51.7. The Morgan fingerprint density at radius 3 is 1.22 bits per heavy atom. The summed E-state index contributed by atoms with van der Waals surface area (Å²) in [5.74, 6) is 0.243. The Bertz CT molecular complexity index is 4600. The van der Waals surface area contributed by atoms with Gasteiger partial charge in [-0.2, -0.15) is 10.5 Å². The quantitative estimate of drug-likeness (QED) is 0.149. The lowest BCUT2D eigenvalue weighted by Crippen LogP contribution is -2.00. The fourth-order valence-electron chi connectivity index (χ4n) is 11.4. The summed E-state index contributed by atoms with van der Waals surface area (Å²) in [6.07, 6.45) is 0. The van der Waals surface area contributed by atoms with Crippen molar-refractivity contribution >= 4 is 76.8 Å². The van der Waals surface area contributed by atoms with Crippen LogP contribution in [0.15, 0.2) is 224 Å². The first-order chi connectivity index (χ1) is 38.0. The highest BCUT2D eigenvalue weighted by atomic mass is 15.0. The van der Waals surface area contributed by atoms with Gasteiger partial charge in [0.1, 0.15) is 5.82 Å². The summed E-state index contributed by atoms with van der Waals surface area (Å²) < 4.78 is 7.04. The molecule has 0 atom stereocenters. The molecule has 14 rings (SSSR count). The van der Waals surface area contributed by atoms with Gasteiger partial charge in [0.05, 0.1) is 80.9 Å². The molecule has 0 radical (unpaired) electrons. The van der Waals surface area contributed by atoms with Crippen molar-refractivity contribution in [3.63, 3.8) is 0 Å². The smallest absolute Gasteiger partial charge is 0.198 e. The van der Waals surface area contributed by atoms with E-state index < -0.39 is 0 Å². The zero-order valence-corrected chi connectivity index (χ0v) is 40.9. The van der Waals surface area contributed by atoms with Crippen molar-refractivity contribution in [1.29, 1.82) is 10.5 Å². The first kappa shape index (κ1) is 44.3. The molecule has 4 heterocycles. The topological polar surface area (TPSA) is 96.9 Å². The number of hydrogen-bond donors (Lipinski definition) is 0. The average molecular weight is 980 g/mol. The average Bonchev–Trinajstić information content (AvgIpc) is 4.25. The molecule has 0 aliphatic rings. The van der Waals surface area contributed by atoms with Crippen molar-refractivity contribution in [2.24, 2.45) is 0 Å². The summed E-state index contributed by atoms with van der Waals surface area (Å²) in [6.45, 7) is 15.8. The zero-order valence-electron chi connectivity index (χ0n) is 40.9. The standard InChI is InChI=1S/C68H37N9/c1-71-57-21-9-3-19-53(57)59-39-60(74-68(73-59)54-20-4-10-22-58(54)72-2)67-44(40-69)35-43(36-45(67)41-70)42-27-29-46(30-28-42)75-65-33-31-47(76-61-23-11-5-15-49(61)50-16-6-12-24-62(50)76)37-55(65)56-38-48(32-34-66(56)75)77-63-25-13-7-17-51(63)52-18-8-14-26-64(52)77/h3-39H. The van der Waals surface area contributed by atoms with E-state index in [1.54, 1.807) is 54.6 Å². The van der Waals surface area contributed by atoms with Crippen molar-refractivity contribution in [2.45, 2.75) is 0 Å². The molecule has 0 fully saturated rings. The normalized spacial score (nSPS) is 11.3. The van der Waals surface area contributed by atoms with Crippen LogP contribution in [-0.4, -0.2) is 23.7 Å². The molecule has 0 unspecified atom stereocenters. The molecule has 0 saturated carbocycles. The van der Waals surface area contributed by atoms with E-state index in [1.165, 1.54) is 21.5 Å². The Morgan fingerprint density at radius 1 is 0.351 bits per heavy atom. The fourth-order valence-corrected chi connectivity index (χ4v) is 11.4. The molecule has 10 aromatic carbocycles. The minimum absolute atomic E-state index is 0.243. The molecule has 0 spiro atoms. The lowest BCUT2D eigenvalue weighted by Gasteiger charge is -2.14. The molecule has 0 bridgehead atoms. The van der Waals surface area contributed by atoms with Gasteiger partial charge in [-0.25, -0.2) is 19.7 Å². The molecule has 354 valence electrons. The first-order valence-electron chi connectivity index (χ1n) is 25.0. The van der Waals surface area contributed by atoms with Crippen LogP contribution in [0.25, 0.3) is 137 Å². The van der Waals surface area contributed by atoms with E-state index in [1.807, 2.05) is 24.3 Å². The van der Waals surface area contributed by atoms with Crippen LogP contribution in [-0.2, 0) is 0 Å². The summed E-state index contributed by atoms with van der Waals surface area (Å²) >= 11 is 0. The third-order valence-corrected chi connectivity index (χ3v) is 14.8. The summed E-state index contributed by atoms with van der Waals surface area (Å²) in [7, 11) is 0. The van der Waals surface area contributed by atoms with Gasteiger partial charge in [0.25, 0.3) is 0 Å². The van der Waals surface area contributed by atoms with Crippen LogP contribution >= 0.6 is 0 Å². The Hall–Kier alpha value is -11.4. The molecular formula is C68H37N9. The van der Waals surface area contributed by atoms with E-state index >= 15 is 0 Å². The minimum Gasteiger partial charge on any atom is -0.309 e. The highest BCUT2D eigenvalue weighted by Gasteiger charge is 2.23. The van der Waals surface area contributed by atoms with E-state index in [4.69, 9.17) is 23.1 Å². The summed E-state index contributed by atoms with van der Waals surface area (Å²) in [4.78, 5) is 17.3. The van der Waals surface area contributed by atoms with Crippen molar-refractivity contribution in [1.82, 2.24) is 23.7 Å². The van der Waals surface area contributed by atoms with E-state index in [9.17, 15) is 10.5 Å². The molecule has 14 aromatic rings. The van der Waals surface area contributed by atoms with E-state index in [2.05, 4.69) is 181 Å². The van der Waals surface area contributed by atoms with Crippen LogP contribution in [0, 0.1) is 35.8 Å². The minimum atomic E-state index is 0.243. The Labute approximate surface area is 441 Å². The van der Waals surface area contributed by atoms with Crippen LogP contribution in [0.5, 0.6) is 0 Å². The maximum Gasteiger partial charge on any atom is 0.198 e. The van der Waals surface area contributed by atoms with Gasteiger partial charge in [-0.15, -0.1) is 0 Å². The monoisotopic (exact) mass is 979 g/mol. The predicted molar refractivity (Wildman–Crippen MR) is 309 cm³/mol. The first-order valence-corrected chi connectivity index (χ1v) is 25.0. The summed E-state index contributed by atoms with van der Waals surface area (Å²) in [5, 5.41) is 28.7. The van der Waals surface area contributed by atoms with Gasteiger partial charge in [-0.3, -0.25) is 0 Å². The van der Waals surface area contributed by atoms with Crippen LogP contribution in [0.3, 0.4) is 0 Å². The van der Waals surface area contributed by atoms with Crippen molar-refractivity contribution in [2.75, 3.05) is 0 Å². The SMILES string of the molecule is [C-]#[N+]c1ccccc1-c1cc(-c2c(C#N)cc(-c3ccc(-n4c5ccc(-n6c7ccccc7c7ccccc76)cc5c5cc(-n6c7ccccc7c7ccccc76)ccc54)cc3)cc2C#N)nc(-c2ccccc2[N+]#[C-])n1. The van der Waals surface area contributed by atoms with Gasteiger partial charge in [-0.05, 0) is 102 Å². The molecule has 4 aromatic heterocycles. The molecule has 0 amide bonds. The van der Waals surface area contributed by atoms with Crippen molar-refractivity contribution < 1.29 is 0 Å². The maximum absolute atomic E-state index is 10.9. The number of nitriles is 2. The van der Waals surface area contributed by atoms with Gasteiger partial charge >= 0.3 is 0 Å². The van der Waals surface area contributed by atoms with Gasteiger partial charge < -0.3 is 13.7 Å². The molecule has 0 aliphatic heterocycles. The number of para-hydroxylation sites is 6. The fraction of sp³-hybridized carbons (Fsp3) is 0. The third-order valence-electron chi connectivity index (χ3n) is 14.8. The van der Waals surface area contributed by atoms with Crippen LogP contribution in [0.2, 0.25) is 0 Å². The van der Waals surface area contributed by atoms with Gasteiger partial charge in [0, 0.05) is 66.1 Å². The second-order valence-corrected chi connectivity index (χ2v) is 18.9. The largest absolute Gasteiger partial charge is 0.309 e. The second-order valence-electron chi connectivity index (χ2n) is 18.9. The molecule has 0 saturated heterocycles. The highest BCUT2D eigenvalue weighted by molar-refractivity contribution is 6.14. The van der Waals surface area contributed by atoms with Crippen molar-refractivity contribution in [3.8, 4) is 74.2 Å². The molecule has 9 heteroatoms. The summed E-state index contributed by atoms with van der Waals surface area (Å²) in [5.41, 5.74) is 14.6. The number of benzene rings is 10. The van der Waals surface area contributed by atoms with Gasteiger partial charge in [0.15, 0.2) is 11.4 Å². The van der Waals surface area contributed by atoms with Crippen LogP contribution in [0.1, 0.15) is 11.1 Å². The number of aromatic nitrogens is 5. The number of rotatable bonds is 7. The second kappa shape index (κ2) is 17.7. The molecule has 0 aliphatic carbocycles. The van der Waals surface area contributed by atoms with Gasteiger partial charge in [-0.1, -0.05) is 133 Å². The molecular weight excluding hydrogens is 943 g/mol. The highest BCUT2D eigenvalue weighted by Crippen LogP contribution is 2.42.